The molecule has 2 atom stereocenters. The Morgan fingerprint density at radius 1 is 0.361 bits per heavy atom. The molecule has 0 heterocycles. The lowest BCUT2D eigenvalue weighted by atomic mass is 10.0. The lowest BCUT2D eigenvalue weighted by Crippen LogP contribution is -2.29. The summed E-state index contributed by atoms with van der Waals surface area (Å²) in [6.45, 7) is 3.50. The van der Waals surface area contributed by atoms with E-state index in [2.05, 4.69) is 172 Å². The highest BCUT2D eigenvalue weighted by Gasteiger charge is 2.26. The Balaban J connectivity index is 3.94. The Labute approximate surface area is 509 Å². The van der Waals surface area contributed by atoms with Gasteiger partial charge >= 0.3 is 19.8 Å². The number of esters is 2. The SMILES string of the molecule is CC/C=C\C/C=C\C/C=C\C/C=C\C/C=C\C/C=C\C/C=C\C/C=C\C/C=C\CCCCCCCCCCCCCCCC(=O)OC(COC(=O)CCCCCCCCCC/C=C\C/C=C\C/C=C\C/C=C\CC)COP(=O)(O)OCCN. The van der Waals surface area contributed by atoms with E-state index in [4.69, 9.17) is 24.3 Å². The van der Waals surface area contributed by atoms with Gasteiger partial charge in [-0.15, -0.1) is 0 Å². The molecule has 2 unspecified atom stereocenters. The van der Waals surface area contributed by atoms with Crippen molar-refractivity contribution >= 4 is 19.8 Å². The number of phosphoric acid groups is 1. The Morgan fingerprint density at radius 2 is 0.627 bits per heavy atom. The van der Waals surface area contributed by atoms with Gasteiger partial charge in [0.05, 0.1) is 13.2 Å². The van der Waals surface area contributed by atoms with E-state index in [-0.39, 0.29) is 32.6 Å². The van der Waals surface area contributed by atoms with Gasteiger partial charge in [-0.3, -0.25) is 18.6 Å². The van der Waals surface area contributed by atoms with Crippen molar-refractivity contribution in [2.75, 3.05) is 26.4 Å². The minimum atomic E-state index is -4.40. The van der Waals surface area contributed by atoms with Gasteiger partial charge in [0.15, 0.2) is 6.10 Å². The third-order valence-corrected chi connectivity index (χ3v) is 14.4. The first-order chi connectivity index (χ1) is 40.8. The topological polar surface area (TPSA) is 134 Å². The molecule has 3 N–H and O–H groups in total. The largest absolute Gasteiger partial charge is 0.472 e. The van der Waals surface area contributed by atoms with Gasteiger partial charge in [0.25, 0.3) is 0 Å². The zero-order valence-corrected chi connectivity index (χ0v) is 53.5. The van der Waals surface area contributed by atoms with Gasteiger partial charge in [0.1, 0.15) is 6.61 Å². The summed E-state index contributed by atoms with van der Waals surface area (Å²) in [7, 11) is -4.40. The van der Waals surface area contributed by atoms with Crippen molar-refractivity contribution in [2.24, 2.45) is 5.73 Å². The van der Waals surface area contributed by atoms with Crippen LogP contribution < -0.4 is 5.73 Å². The molecule has 0 rings (SSSR count). The van der Waals surface area contributed by atoms with Gasteiger partial charge in [-0.25, -0.2) is 4.57 Å². The molecule has 0 saturated heterocycles. The van der Waals surface area contributed by atoms with Crippen molar-refractivity contribution in [2.45, 2.75) is 264 Å². The fourth-order valence-corrected chi connectivity index (χ4v) is 9.39. The summed E-state index contributed by atoms with van der Waals surface area (Å²) >= 11 is 0. The first kappa shape index (κ1) is 78.6. The van der Waals surface area contributed by atoms with E-state index in [1.165, 1.54) is 89.9 Å². The fourth-order valence-electron chi connectivity index (χ4n) is 8.62. The molecule has 0 aliphatic rings. The molecule has 9 nitrogen and oxygen atoms in total. The monoisotopic (exact) mass is 1170 g/mol. The summed E-state index contributed by atoms with van der Waals surface area (Å²) in [4.78, 5) is 35.3. The Kier molecular flexibility index (Phi) is 63.3. The number of rotatable bonds is 60. The van der Waals surface area contributed by atoms with Crippen LogP contribution in [0.25, 0.3) is 0 Å². The summed E-state index contributed by atoms with van der Waals surface area (Å²) in [5, 5.41) is 0. The summed E-state index contributed by atoms with van der Waals surface area (Å²) in [5.41, 5.74) is 5.39. The smallest absolute Gasteiger partial charge is 0.462 e. The predicted molar refractivity (Wildman–Crippen MR) is 357 cm³/mol. The van der Waals surface area contributed by atoms with E-state index in [9.17, 15) is 19.0 Å². The van der Waals surface area contributed by atoms with Gasteiger partial charge in [-0.2, -0.15) is 0 Å². The van der Waals surface area contributed by atoms with Crippen LogP contribution in [0, 0.1) is 0 Å². The number of carbonyl (C=O) groups excluding carboxylic acids is 2. The molecular formula is C73H120NO8P. The van der Waals surface area contributed by atoms with Crippen molar-refractivity contribution in [1.29, 1.82) is 0 Å². The molecule has 470 valence electrons. The Bertz CT molecular complexity index is 1920. The van der Waals surface area contributed by atoms with Crippen LogP contribution in [0.1, 0.15) is 258 Å². The minimum Gasteiger partial charge on any atom is -0.462 e. The van der Waals surface area contributed by atoms with Crippen molar-refractivity contribution in [3.63, 3.8) is 0 Å². The lowest BCUT2D eigenvalue weighted by Gasteiger charge is -2.19. The summed E-state index contributed by atoms with van der Waals surface area (Å²) in [5.74, 6) is -0.844. The van der Waals surface area contributed by atoms with E-state index in [1.54, 1.807) is 0 Å². The quantitative estimate of drug-likeness (QED) is 0.0264. The second-order valence-corrected chi connectivity index (χ2v) is 22.7. The van der Waals surface area contributed by atoms with Crippen LogP contribution in [0.5, 0.6) is 0 Å². The van der Waals surface area contributed by atoms with E-state index >= 15 is 0 Å². The third kappa shape index (κ3) is 66.6. The lowest BCUT2D eigenvalue weighted by molar-refractivity contribution is -0.161. The molecule has 0 aromatic heterocycles. The van der Waals surface area contributed by atoms with Crippen LogP contribution in [0.4, 0.5) is 0 Å². The molecule has 0 amide bonds. The first-order valence-electron chi connectivity index (χ1n) is 33.0. The zero-order valence-electron chi connectivity index (χ0n) is 52.6. The first-order valence-corrected chi connectivity index (χ1v) is 34.5. The van der Waals surface area contributed by atoms with Crippen LogP contribution >= 0.6 is 7.82 Å². The highest BCUT2D eigenvalue weighted by atomic mass is 31.2. The number of unbranched alkanes of at least 4 members (excludes halogenated alkanes) is 21. The number of carbonyl (C=O) groups is 2. The molecule has 0 aliphatic heterocycles. The molecule has 83 heavy (non-hydrogen) atoms. The highest BCUT2D eigenvalue weighted by molar-refractivity contribution is 7.47. The average Bonchev–Trinajstić information content (AvgIpc) is 3.49. The van der Waals surface area contributed by atoms with E-state index in [0.717, 1.165) is 135 Å². The van der Waals surface area contributed by atoms with Gasteiger partial charge in [0.2, 0.25) is 0 Å². The number of nitrogens with two attached hydrogens (primary N) is 1. The Hall–Kier alpha value is -4.37. The fraction of sp³-hybridized carbons (Fsp3) is 0.616. The molecule has 0 spiro atoms. The molecule has 0 aliphatic carbocycles. The van der Waals surface area contributed by atoms with Crippen LogP contribution in [0.2, 0.25) is 0 Å². The van der Waals surface area contributed by atoms with Crippen molar-refractivity contribution < 1.29 is 37.6 Å². The van der Waals surface area contributed by atoms with Crippen LogP contribution in [-0.4, -0.2) is 49.3 Å². The number of hydrogen-bond donors (Lipinski definition) is 2. The zero-order chi connectivity index (χ0) is 60.1. The predicted octanol–water partition coefficient (Wildman–Crippen LogP) is 21.6. The molecule has 0 fully saturated rings. The van der Waals surface area contributed by atoms with E-state index < -0.39 is 32.5 Å². The maximum atomic E-state index is 12.7. The standard InChI is InChI=1S/C73H120NO8P/c1-3-5-7-9-11-13-15-17-19-21-23-25-26-27-28-29-30-31-32-33-34-35-36-37-38-39-40-41-42-43-44-46-48-50-52-54-56-58-60-62-64-66-73(76)82-71(70-81-83(77,78)80-68-67-74)69-79-72(75)65-63-61-59-57-55-53-51-49-47-45-24-22-20-18-16-14-12-10-8-6-4-2/h5-8,11-14,17-20,23-25,27-28,30-31,33-34,36-37,39-40,45,71H,3-4,9-10,15-16,21-22,26,29,32,35,38,41-44,46-70,74H2,1-2H3,(H,77,78)/b7-5-,8-6-,13-11-,14-12-,19-17-,20-18-,25-23-,28-27-,31-30-,34-33-,37-36-,40-39-,45-24-. The van der Waals surface area contributed by atoms with Gasteiger partial charge in [0, 0.05) is 19.4 Å². The second-order valence-electron chi connectivity index (χ2n) is 21.2. The van der Waals surface area contributed by atoms with Crippen LogP contribution in [0.15, 0.2) is 158 Å². The van der Waals surface area contributed by atoms with E-state index in [0.29, 0.717) is 6.42 Å². The summed E-state index contributed by atoms with van der Waals surface area (Å²) in [6, 6.07) is 0. The molecule has 10 heteroatoms. The van der Waals surface area contributed by atoms with E-state index in [1.807, 2.05) is 0 Å². The van der Waals surface area contributed by atoms with Crippen molar-refractivity contribution in [3.8, 4) is 0 Å². The molecule has 0 saturated carbocycles. The normalized spacial score (nSPS) is 14.0. The molecule has 0 radical (unpaired) electrons. The number of allylic oxidation sites excluding steroid dienone is 26. The molecule has 0 bridgehead atoms. The molecule has 0 aromatic rings. The number of ether oxygens (including phenoxy) is 2. The summed E-state index contributed by atoms with van der Waals surface area (Å²) < 4.78 is 33.1. The van der Waals surface area contributed by atoms with Crippen LogP contribution in [0.3, 0.4) is 0 Å². The minimum absolute atomic E-state index is 0.0452. The number of hydrogen-bond acceptors (Lipinski definition) is 8. The van der Waals surface area contributed by atoms with Crippen LogP contribution in [-0.2, 0) is 32.7 Å². The highest BCUT2D eigenvalue weighted by Crippen LogP contribution is 2.43. The number of phosphoric ester groups is 1. The second kappa shape index (κ2) is 66.8. The molecule has 0 aromatic carbocycles. The third-order valence-electron chi connectivity index (χ3n) is 13.4. The van der Waals surface area contributed by atoms with Gasteiger partial charge in [-0.1, -0.05) is 281 Å². The maximum Gasteiger partial charge on any atom is 0.472 e. The van der Waals surface area contributed by atoms with Crippen molar-refractivity contribution in [1.82, 2.24) is 0 Å². The average molecular weight is 1170 g/mol. The van der Waals surface area contributed by atoms with Crippen molar-refractivity contribution in [3.05, 3.63) is 158 Å². The maximum absolute atomic E-state index is 12.7. The van der Waals surface area contributed by atoms with Gasteiger partial charge in [-0.05, 0) is 122 Å². The van der Waals surface area contributed by atoms with Gasteiger partial charge < -0.3 is 20.1 Å². The summed E-state index contributed by atoms with van der Waals surface area (Å²) in [6.07, 6.45) is 97.4. The molecular weight excluding hydrogens is 1050 g/mol. The Morgan fingerprint density at radius 3 is 0.928 bits per heavy atom.